The minimum absolute atomic E-state index is 0.0395. The van der Waals surface area contributed by atoms with Gasteiger partial charge in [0, 0.05) is 12.0 Å². The molecule has 1 amide bonds. The molecule has 0 spiro atoms. The van der Waals surface area contributed by atoms with Crippen molar-refractivity contribution in [2.45, 2.75) is 78.8 Å². The van der Waals surface area contributed by atoms with Crippen molar-refractivity contribution in [1.82, 2.24) is 4.90 Å². The second-order valence-corrected chi connectivity index (χ2v) is 9.59. The number of nitrogens with zero attached hydrogens (tertiary/aromatic N) is 1. The molecule has 1 aromatic carbocycles. The maximum absolute atomic E-state index is 12.8. The summed E-state index contributed by atoms with van der Waals surface area (Å²) in [4.78, 5) is 36.3. The van der Waals surface area contributed by atoms with Crippen LogP contribution in [0.25, 0.3) is 0 Å². The summed E-state index contributed by atoms with van der Waals surface area (Å²) in [5, 5.41) is 39.5. The van der Waals surface area contributed by atoms with Crippen LogP contribution in [0.5, 0.6) is 17.2 Å². The molecule has 0 aliphatic carbocycles. The molecule has 1 aromatic rings. The minimum atomic E-state index is -1.38. The first-order valence-electron chi connectivity index (χ1n) is 12.3. The molecule has 0 saturated heterocycles. The first-order chi connectivity index (χ1) is 17.4. The highest BCUT2D eigenvalue weighted by Gasteiger charge is 2.39. The van der Waals surface area contributed by atoms with Crippen molar-refractivity contribution in [3.63, 3.8) is 0 Å². The standard InChI is InChI=1S/C28H37NO8/c1-17(2)7-5-8-18(3)9-6-10-19(4)13-14-37-26-23(30)15-20-21(25(26)33)16-29(27(20)34)22(28(35)36)11-12-24(31)32/h7,9,13,15,22,30,33H,5-6,8,10-12,14,16H2,1-4H3,(H,31,32)(H,35,36). The molecule has 37 heavy (non-hydrogen) atoms. The molecule has 0 radical (unpaired) electrons. The number of ether oxygens (including phenoxy) is 1. The van der Waals surface area contributed by atoms with Crippen molar-refractivity contribution >= 4 is 17.8 Å². The molecule has 2 rings (SSSR count). The van der Waals surface area contributed by atoms with Crippen LogP contribution in [0.1, 0.15) is 82.1 Å². The molecule has 9 heteroatoms. The molecule has 1 unspecified atom stereocenters. The Morgan fingerprint density at radius 3 is 2.22 bits per heavy atom. The number of benzene rings is 1. The van der Waals surface area contributed by atoms with Crippen molar-refractivity contribution in [3.05, 3.63) is 52.1 Å². The Hall–Kier alpha value is -3.75. The molecule has 1 aliphatic heterocycles. The highest BCUT2D eigenvalue weighted by molar-refractivity contribution is 6.02. The molecular weight excluding hydrogens is 478 g/mol. The number of carboxylic acid groups (broad SMARTS) is 2. The lowest BCUT2D eigenvalue weighted by atomic mass is 10.1. The number of hydrogen-bond donors (Lipinski definition) is 4. The van der Waals surface area contributed by atoms with E-state index in [9.17, 15) is 29.7 Å². The summed E-state index contributed by atoms with van der Waals surface area (Å²) in [6, 6.07) is -0.236. The van der Waals surface area contributed by atoms with E-state index in [2.05, 4.69) is 32.9 Å². The lowest BCUT2D eigenvalue weighted by Crippen LogP contribution is -2.41. The van der Waals surface area contributed by atoms with Crippen LogP contribution in [0.2, 0.25) is 0 Å². The van der Waals surface area contributed by atoms with Gasteiger partial charge in [0.15, 0.2) is 11.5 Å². The Bertz CT molecular complexity index is 1110. The highest BCUT2D eigenvalue weighted by atomic mass is 16.5. The fourth-order valence-corrected chi connectivity index (χ4v) is 4.10. The summed E-state index contributed by atoms with van der Waals surface area (Å²) in [6.45, 7) is 8.12. The SMILES string of the molecule is CC(C)=CCCC(C)=CCCC(C)=CCOc1c(O)cc2c(c1O)CN(C(CCC(=O)O)C(=O)O)C2=O. The van der Waals surface area contributed by atoms with Gasteiger partial charge in [-0.2, -0.15) is 0 Å². The molecule has 9 nitrogen and oxygen atoms in total. The largest absolute Gasteiger partial charge is 0.504 e. The number of carbonyl (C=O) groups excluding carboxylic acids is 1. The zero-order valence-corrected chi connectivity index (χ0v) is 21.9. The Balaban J connectivity index is 2.03. The van der Waals surface area contributed by atoms with Crippen LogP contribution in [-0.2, 0) is 16.1 Å². The zero-order chi connectivity index (χ0) is 27.7. The number of rotatable bonds is 14. The second-order valence-electron chi connectivity index (χ2n) is 9.59. The van der Waals surface area contributed by atoms with Gasteiger partial charge >= 0.3 is 11.9 Å². The molecular formula is C28H37NO8. The second kappa shape index (κ2) is 13.5. The van der Waals surface area contributed by atoms with E-state index in [4.69, 9.17) is 9.84 Å². The van der Waals surface area contributed by atoms with Crippen LogP contribution >= 0.6 is 0 Å². The van der Waals surface area contributed by atoms with Crippen molar-refractivity contribution in [2.75, 3.05) is 6.61 Å². The molecule has 0 fully saturated rings. The van der Waals surface area contributed by atoms with Crippen LogP contribution in [0.15, 0.2) is 41.0 Å². The molecule has 1 atom stereocenters. The van der Waals surface area contributed by atoms with Crippen molar-refractivity contribution in [1.29, 1.82) is 0 Å². The lowest BCUT2D eigenvalue weighted by Gasteiger charge is -2.23. The molecule has 0 bridgehead atoms. The molecule has 0 saturated carbocycles. The number of carboxylic acids is 2. The summed E-state index contributed by atoms with van der Waals surface area (Å²) < 4.78 is 5.60. The van der Waals surface area contributed by atoms with Crippen molar-refractivity contribution in [2.24, 2.45) is 0 Å². The van der Waals surface area contributed by atoms with Gasteiger partial charge in [-0.05, 0) is 71.9 Å². The molecule has 202 valence electrons. The van der Waals surface area contributed by atoms with Gasteiger partial charge < -0.3 is 30.1 Å². The first-order valence-corrected chi connectivity index (χ1v) is 12.3. The van der Waals surface area contributed by atoms with Crippen molar-refractivity contribution in [3.8, 4) is 17.2 Å². The molecule has 1 heterocycles. The maximum Gasteiger partial charge on any atom is 0.326 e. The number of phenols is 2. The van der Waals surface area contributed by atoms with Gasteiger partial charge in [-0.1, -0.05) is 28.9 Å². The van der Waals surface area contributed by atoms with E-state index in [-0.39, 0.29) is 36.4 Å². The smallest absolute Gasteiger partial charge is 0.326 e. The van der Waals surface area contributed by atoms with Crippen LogP contribution in [0.4, 0.5) is 0 Å². The molecule has 1 aliphatic rings. The van der Waals surface area contributed by atoms with Crippen LogP contribution < -0.4 is 4.74 Å². The van der Waals surface area contributed by atoms with E-state index in [1.165, 1.54) is 11.1 Å². The summed E-state index contributed by atoms with van der Waals surface area (Å²) in [5.74, 6) is -4.30. The predicted octanol–water partition coefficient (Wildman–Crippen LogP) is 5.17. The Kier molecular flexibility index (Phi) is 10.8. The van der Waals surface area contributed by atoms with Gasteiger partial charge in [-0.3, -0.25) is 9.59 Å². The number of hydrogen-bond acceptors (Lipinski definition) is 6. The third kappa shape index (κ3) is 8.41. The van der Waals surface area contributed by atoms with E-state index < -0.39 is 41.8 Å². The average Bonchev–Trinajstić information content (AvgIpc) is 3.11. The lowest BCUT2D eigenvalue weighted by molar-refractivity contribution is -0.143. The third-order valence-corrected chi connectivity index (χ3v) is 6.23. The number of allylic oxidation sites excluding steroid dienone is 5. The monoisotopic (exact) mass is 515 g/mol. The van der Waals surface area contributed by atoms with Crippen LogP contribution in [0.3, 0.4) is 0 Å². The quantitative estimate of drug-likeness (QED) is 0.248. The summed E-state index contributed by atoms with van der Waals surface area (Å²) >= 11 is 0. The molecule has 0 aromatic heterocycles. The van der Waals surface area contributed by atoms with Gasteiger partial charge in [0.2, 0.25) is 5.75 Å². The number of fused-ring (bicyclic) bond motifs is 1. The summed E-state index contributed by atoms with van der Waals surface area (Å²) in [6.07, 6.45) is 9.37. The van der Waals surface area contributed by atoms with Crippen molar-refractivity contribution < 1.29 is 39.5 Å². The van der Waals surface area contributed by atoms with Gasteiger partial charge in [0.25, 0.3) is 5.91 Å². The number of aromatic hydroxyl groups is 2. The number of phenolic OH excluding ortho intramolecular Hbond substituents is 2. The first kappa shape index (κ1) is 29.5. The van der Waals surface area contributed by atoms with Gasteiger partial charge in [-0.25, -0.2) is 4.79 Å². The van der Waals surface area contributed by atoms with Crippen LogP contribution in [-0.4, -0.2) is 55.8 Å². The Morgan fingerprint density at radius 2 is 1.62 bits per heavy atom. The maximum atomic E-state index is 12.8. The molecule has 4 N–H and O–H groups in total. The van der Waals surface area contributed by atoms with E-state index in [1.54, 1.807) is 0 Å². The topological polar surface area (TPSA) is 145 Å². The number of carbonyl (C=O) groups is 3. The minimum Gasteiger partial charge on any atom is -0.504 e. The number of amides is 1. The van der Waals surface area contributed by atoms with Crippen LogP contribution in [0, 0.1) is 0 Å². The normalized spacial score (nSPS) is 14.4. The van der Waals surface area contributed by atoms with E-state index in [0.29, 0.717) is 0 Å². The van der Waals surface area contributed by atoms with Gasteiger partial charge in [0.1, 0.15) is 12.6 Å². The number of aliphatic carboxylic acids is 2. The summed E-state index contributed by atoms with van der Waals surface area (Å²) in [5.41, 5.74) is 3.83. The predicted molar refractivity (Wildman–Crippen MR) is 139 cm³/mol. The van der Waals surface area contributed by atoms with Gasteiger partial charge in [0.05, 0.1) is 12.1 Å². The van der Waals surface area contributed by atoms with Gasteiger partial charge in [-0.15, -0.1) is 0 Å². The average molecular weight is 516 g/mol. The van der Waals surface area contributed by atoms with E-state index >= 15 is 0 Å². The fraction of sp³-hybridized carbons (Fsp3) is 0.464. The highest BCUT2D eigenvalue weighted by Crippen LogP contribution is 2.44. The zero-order valence-electron chi connectivity index (χ0n) is 21.9. The Labute approximate surface area is 217 Å². The van der Waals surface area contributed by atoms with E-state index in [1.807, 2.05) is 13.0 Å². The fourth-order valence-electron chi connectivity index (χ4n) is 4.10. The third-order valence-electron chi connectivity index (χ3n) is 6.23. The Morgan fingerprint density at radius 1 is 1.00 bits per heavy atom. The summed E-state index contributed by atoms with van der Waals surface area (Å²) in [7, 11) is 0. The van der Waals surface area contributed by atoms with E-state index in [0.717, 1.165) is 42.2 Å².